The van der Waals surface area contributed by atoms with Crippen LogP contribution in [0.15, 0.2) is 18.2 Å². The van der Waals surface area contributed by atoms with Gasteiger partial charge in [0.15, 0.2) is 0 Å². The molecule has 0 aliphatic carbocycles. The van der Waals surface area contributed by atoms with Gasteiger partial charge in [-0.25, -0.2) is 4.39 Å². The summed E-state index contributed by atoms with van der Waals surface area (Å²) >= 11 is 0. The summed E-state index contributed by atoms with van der Waals surface area (Å²) in [5.74, 6) is -0.0987. The SMILES string of the molecule is CC(O)c1cccc(F)c1N1CCC(CO)C1. The molecule has 2 atom stereocenters. The van der Waals surface area contributed by atoms with Gasteiger partial charge >= 0.3 is 0 Å². The van der Waals surface area contributed by atoms with E-state index in [0.29, 0.717) is 17.8 Å². The van der Waals surface area contributed by atoms with Crippen LogP contribution in [0.25, 0.3) is 0 Å². The standard InChI is InChI=1S/C13H18FNO2/c1-9(17)11-3-2-4-12(14)13(11)15-6-5-10(7-15)8-16/h2-4,9-10,16-17H,5-8H2,1H3. The molecule has 1 fully saturated rings. The molecule has 0 radical (unpaired) electrons. The topological polar surface area (TPSA) is 43.7 Å². The van der Waals surface area contributed by atoms with Crippen LogP contribution < -0.4 is 4.90 Å². The molecular weight excluding hydrogens is 221 g/mol. The van der Waals surface area contributed by atoms with Gasteiger partial charge in [-0.15, -0.1) is 0 Å². The zero-order valence-electron chi connectivity index (χ0n) is 9.93. The number of hydrogen-bond acceptors (Lipinski definition) is 3. The molecule has 94 valence electrons. The van der Waals surface area contributed by atoms with E-state index in [1.165, 1.54) is 6.07 Å². The molecule has 3 nitrogen and oxygen atoms in total. The summed E-state index contributed by atoms with van der Waals surface area (Å²) in [5, 5.41) is 18.8. The molecule has 2 N–H and O–H groups in total. The van der Waals surface area contributed by atoms with E-state index in [-0.39, 0.29) is 18.3 Å². The molecular formula is C13H18FNO2. The van der Waals surface area contributed by atoms with Crippen molar-refractivity contribution in [3.05, 3.63) is 29.6 Å². The predicted molar refractivity (Wildman–Crippen MR) is 64.4 cm³/mol. The molecule has 0 bridgehead atoms. The number of hydrogen-bond donors (Lipinski definition) is 2. The lowest BCUT2D eigenvalue weighted by molar-refractivity contribution is 0.199. The lowest BCUT2D eigenvalue weighted by Crippen LogP contribution is -2.23. The van der Waals surface area contributed by atoms with Crippen molar-refractivity contribution in [2.75, 3.05) is 24.6 Å². The van der Waals surface area contributed by atoms with Crippen LogP contribution in [0.4, 0.5) is 10.1 Å². The van der Waals surface area contributed by atoms with Gasteiger partial charge in [0.1, 0.15) is 5.82 Å². The van der Waals surface area contributed by atoms with Crippen molar-refractivity contribution >= 4 is 5.69 Å². The number of rotatable bonds is 3. The first-order chi connectivity index (χ1) is 8.13. The molecule has 4 heteroatoms. The van der Waals surface area contributed by atoms with Gasteiger partial charge in [0.05, 0.1) is 11.8 Å². The van der Waals surface area contributed by atoms with E-state index in [0.717, 1.165) is 13.0 Å². The molecule has 2 rings (SSSR count). The summed E-state index contributed by atoms with van der Waals surface area (Å²) in [6.07, 6.45) is 0.179. The molecule has 1 aliphatic rings. The highest BCUT2D eigenvalue weighted by atomic mass is 19.1. The normalized spacial score (nSPS) is 21.9. The number of benzene rings is 1. The minimum atomic E-state index is -0.686. The van der Waals surface area contributed by atoms with Gasteiger partial charge in [0.25, 0.3) is 0 Å². The van der Waals surface area contributed by atoms with Gasteiger partial charge < -0.3 is 15.1 Å². The van der Waals surface area contributed by atoms with Crippen molar-refractivity contribution in [3.63, 3.8) is 0 Å². The van der Waals surface area contributed by atoms with Crippen LogP contribution in [0, 0.1) is 11.7 Å². The fourth-order valence-corrected chi connectivity index (χ4v) is 2.39. The number of aliphatic hydroxyl groups excluding tert-OH is 2. The molecule has 0 amide bonds. The second-order valence-electron chi connectivity index (χ2n) is 4.64. The van der Waals surface area contributed by atoms with E-state index in [4.69, 9.17) is 5.11 Å². The molecule has 2 unspecified atom stereocenters. The van der Waals surface area contributed by atoms with Gasteiger partial charge in [0.2, 0.25) is 0 Å². The number of nitrogens with zero attached hydrogens (tertiary/aromatic N) is 1. The Hall–Kier alpha value is -1.13. The van der Waals surface area contributed by atoms with E-state index in [9.17, 15) is 9.50 Å². The highest BCUT2D eigenvalue weighted by molar-refractivity contribution is 5.56. The van der Waals surface area contributed by atoms with Gasteiger partial charge in [-0.05, 0) is 19.4 Å². The quantitative estimate of drug-likeness (QED) is 0.843. The smallest absolute Gasteiger partial charge is 0.146 e. The fraction of sp³-hybridized carbons (Fsp3) is 0.538. The molecule has 1 aliphatic heterocycles. The van der Waals surface area contributed by atoms with Crippen molar-refractivity contribution < 1.29 is 14.6 Å². The van der Waals surface area contributed by atoms with Crippen LogP contribution in [0.2, 0.25) is 0 Å². The lowest BCUT2D eigenvalue weighted by Gasteiger charge is -2.23. The van der Waals surface area contributed by atoms with E-state index >= 15 is 0 Å². The average molecular weight is 239 g/mol. The Balaban J connectivity index is 2.31. The minimum Gasteiger partial charge on any atom is -0.396 e. The van der Waals surface area contributed by atoms with Crippen molar-refractivity contribution in [2.45, 2.75) is 19.4 Å². The molecule has 0 spiro atoms. The highest BCUT2D eigenvalue weighted by Crippen LogP contribution is 2.32. The van der Waals surface area contributed by atoms with E-state index in [1.807, 2.05) is 4.90 Å². The van der Waals surface area contributed by atoms with Gasteiger partial charge in [-0.3, -0.25) is 0 Å². The van der Waals surface area contributed by atoms with E-state index in [1.54, 1.807) is 19.1 Å². The second-order valence-corrected chi connectivity index (χ2v) is 4.64. The number of anilines is 1. The maximum Gasteiger partial charge on any atom is 0.146 e. The van der Waals surface area contributed by atoms with Gasteiger partial charge in [0, 0.05) is 31.2 Å². The Bertz CT molecular complexity index is 395. The first-order valence-electron chi connectivity index (χ1n) is 5.95. The third-order valence-corrected chi connectivity index (χ3v) is 3.33. The van der Waals surface area contributed by atoms with E-state index < -0.39 is 6.10 Å². The maximum atomic E-state index is 13.9. The fourth-order valence-electron chi connectivity index (χ4n) is 2.39. The monoisotopic (exact) mass is 239 g/mol. The molecule has 17 heavy (non-hydrogen) atoms. The molecule has 0 saturated carbocycles. The Kier molecular flexibility index (Phi) is 3.64. The first kappa shape index (κ1) is 12.3. The van der Waals surface area contributed by atoms with Crippen molar-refractivity contribution in [1.82, 2.24) is 0 Å². The van der Waals surface area contributed by atoms with E-state index in [2.05, 4.69) is 0 Å². The second kappa shape index (κ2) is 5.02. The number of aliphatic hydroxyl groups is 2. The third kappa shape index (κ3) is 2.42. The zero-order valence-corrected chi connectivity index (χ0v) is 9.93. The van der Waals surface area contributed by atoms with Crippen LogP contribution in [0.1, 0.15) is 25.0 Å². The van der Waals surface area contributed by atoms with Crippen molar-refractivity contribution in [3.8, 4) is 0 Å². The number of para-hydroxylation sites is 1. The van der Waals surface area contributed by atoms with Crippen LogP contribution in [-0.2, 0) is 0 Å². The van der Waals surface area contributed by atoms with Gasteiger partial charge in [-0.1, -0.05) is 12.1 Å². The summed E-state index contributed by atoms with van der Waals surface area (Å²) in [4.78, 5) is 1.91. The zero-order chi connectivity index (χ0) is 12.4. The Morgan fingerprint density at radius 3 is 2.88 bits per heavy atom. The predicted octanol–water partition coefficient (Wildman–Crippen LogP) is 1.70. The summed E-state index contributed by atoms with van der Waals surface area (Å²) < 4.78 is 13.9. The summed E-state index contributed by atoms with van der Waals surface area (Å²) in [6.45, 7) is 3.15. The summed E-state index contributed by atoms with van der Waals surface area (Å²) in [7, 11) is 0. The van der Waals surface area contributed by atoms with Crippen molar-refractivity contribution in [1.29, 1.82) is 0 Å². The highest BCUT2D eigenvalue weighted by Gasteiger charge is 2.26. The Morgan fingerprint density at radius 1 is 1.53 bits per heavy atom. The largest absolute Gasteiger partial charge is 0.396 e. The first-order valence-corrected chi connectivity index (χ1v) is 5.95. The van der Waals surface area contributed by atoms with Crippen LogP contribution in [0.3, 0.4) is 0 Å². The van der Waals surface area contributed by atoms with Crippen LogP contribution in [0.5, 0.6) is 0 Å². The molecule has 1 aromatic carbocycles. The average Bonchev–Trinajstić information content (AvgIpc) is 2.76. The Labute approximate surface area is 100 Å². The van der Waals surface area contributed by atoms with Crippen LogP contribution >= 0.6 is 0 Å². The maximum absolute atomic E-state index is 13.9. The Morgan fingerprint density at radius 2 is 2.29 bits per heavy atom. The van der Waals surface area contributed by atoms with Crippen LogP contribution in [-0.4, -0.2) is 29.9 Å². The van der Waals surface area contributed by atoms with Gasteiger partial charge in [-0.2, -0.15) is 0 Å². The third-order valence-electron chi connectivity index (χ3n) is 3.33. The molecule has 0 aromatic heterocycles. The summed E-state index contributed by atoms with van der Waals surface area (Å²) in [5.41, 5.74) is 1.10. The minimum absolute atomic E-state index is 0.134. The van der Waals surface area contributed by atoms with Crippen molar-refractivity contribution in [2.24, 2.45) is 5.92 Å². The molecule has 1 heterocycles. The lowest BCUT2D eigenvalue weighted by atomic mass is 10.1. The number of halogens is 1. The molecule has 1 saturated heterocycles. The molecule has 1 aromatic rings. The summed E-state index contributed by atoms with van der Waals surface area (Å²) in [6, 6.07) is 4.77.